The summed E-state index contributed by atoms with van der Waals surface area (Å²) in [5.74, 6) is 0.904. The van der Waals surface area contributed by atoms with Gasteiger partial charge in [0.2, 0.25) is 0 Å². The van der Waals surface area contributed by atoms with E-state index in [9.17, 15) is 10.2 Å². The average molecular weight is 654 g/mol. The number of nitrogens with zero attached hydrogens (tertiary/aromatic N) is 4. The fourth-order valence-corrected chi connectivity index (χ4v) is 8.78. The topological polar surface area (TPSA) is 138 Å². The van der Waals surface area contributed by atoms with Gasteiger partial charge in [0.15, 0.2) is 17.7 Å². The highest BCUT2D eigenvalue weighted by Gasteiger charge is 2.58. The van der Waals surface area contributed by atoms with Gasteiger partial charge in [0.1, 0.15) is 41.5 Å². The highest BCUT2D eigenvalue weighted by Crippen LogP contribution is 2.50. The first-order chi connectivity index (χ1) is 22.4. The van der Waals surface area contributed by atoms with Crippen LogP contribution in [0.3, 0.4) is 0 Å². The molecule has 6 rings (SSSR count). The van der Waals surface area contributed by atoms with E-state index in [4.69, 9.17) is 19.9 Å². The van der Waals surface area contributed by atoms with Crippen LogP contribution in [0.25, 0.3) is 11.2 Å². The standard InChI is InChI=1S/C36H43N5O5Si/c1-35(2,3)47(5,6)34(30-28(42)29(43)33(45-30)41-22-40-27-31(37)38-21-39-32(27)41)46-36(23-14-9-7-10-15-23,24-16-11-8-12-17-24)25-18-13-19-26(20-25)44-4/h7-22,28-30,33-34,42-43H,1-6H3,(H2,37,38,39)/t28-,29+,30-,33+,34?/m0/s1. The lowest BCUT2D eigenvalue weighted by Gasteiger charge is -2.50. The Kier molecular flexibility index (Phi) is 8.70. The van der Waals surface area contributed by atoms with Gasteiger partial charge in [-0.3, -0.25) is 4.57 Å². The molecule has 1 aliphatic heterocycles. The predicted molar refractivity (Wildman–Crippen MR) is 183 cm³/mol. The van der Waals surface area contributed by atoms with Crippen molar-refractivity contribution in [1.29, 1.82) is 0 Å². The Bertz CT molecular complexity index is 1790. The molecule has 3 aromatic carbocycles. The molecule has 5 aromatic rings. The van der Waals surface area contributed by atoms with E-state index in [0.29, 0.717) is 16.9 Å². The van der Waals surface area contributed by atoms with Gasteiger partial charge in [-0.25, -0.2) is 15.0 Å². The largest absolute Gasteiger partial charge is 0.497 e. The van der Waals surface area contributed by atoms with Crippen molar-refractivity contribution in [2.24, 2.45) is 0 Å². The van der Waals surface area contributed by atoms with E-state index in [1.165, 1.54) is 12.7 Å². The SMILES string of the molecule is COc1cccc(C(OC([C@H]2O[C@@H](n3cnc4c(N)ncnc43)[C@H](O)[C@@H]2O)[Si](C)(C)C(C)(C)C)(c2ccccc2)c2ccccc2)c1. The van der Waals surface area contributed by atoms with E-state index in [2.05, 4.69) is 73.1 Å². The van der Waals surface area contributed by atoms with Crippen LogP contribution in [-0.2, 0) is 15.1 Å². The van der Waals surface area contributed by atoms with Crippen LogP contribution in [0.4, 0.5) is 5.82 Å². The minimum absolute atomic E-state index is 0.208. The molecular weight excluding hydrogens is 611 g/mol. The number of nitrogens with two attached hydrogens (primary N) is 1. The Labute approximate surface area is 276 Å². The van der Waals surface area contributed by atoms with E-state index >= 15 is 0 Å². The van der Waals surface area contributed by atoms with Crippen molar-refractivity contribution in [2.45, 2.75) is 74.8 Å². The van der Waals surface area contributed by atoms with Gasteiger partial charge in [0.05, 0.1) is 27.2 Å². The second kappa shape index (κ2) is 12.5. The molecule has 10 nitrogen and oxygen atoms in total. The van der Waals surface area contributed by atoms with Crippen molar-refractivity contribution in [3.05, 3.63) is 114 Å². The molecule has 0 amide bonds. The number of methoxy groups -OCH3 is 1. The molecule has 1 fully saturated rings. The molecule has 0 bridgehead atoms. The molecule has 0 spiro atoms. The Balaban J connectivity index is 1.56. The van der Waals surface area contributed by atoms with Gasteiger partial charge in [-0.05, 0) is 33.9 Å². The number of ether oxygens (including phenoxy) is 3. The van der Waals surface area contributed by atoms with Gasteiger partial charge >= 0.3 is 0 Å². The molecule has 47 heavy (non-hydrogen) atoms. The Hall–Kier alpha value is -4.13. The van der Waals surface area contributed by atoms with Crippen molar-refractivity contribution >= 4 is 25.1 Å². The lowest BCUT2D eigenvalue weighted by atomic mass is 9.80. The van der Waals surface area contributed by atoms with Crippen LogP contribution < -0.4 is 10.5 Å². The van der Waals surface area contributed by atoms with Crippen molar-refractivity contribution in [2.75, 3.05) is 12.8 Å². The van der Waals surface area contributed by atoms with Crippen LogP contribution in [0.5, 0.6) is 5.75 Å². The number of nitrogen functional groups attached to an aromatic ring is 1. The van der Waals surface area contributed by atoms with Gasteiger partial charge in [-0.2, -0.15) is 0 Å². The van der Waals surface area contributed by atoms with Crippen LogP contribution in [0.1, 0.15) is 43.7 Å². The normalized spacial score (nSPS) is 21.2. The smallest absolute Gasteiger partial charge is 0.167 e. The molecule has 1 aliphatic rings. The van der Waals surface area contributed by atoms with Crippen LogP contribution >= 0.6 is 0 Å². The molecule has 1 unspecified atom stereocenters. The average Bonchev–Trinajstić information content (AvgIpc) is 3.63. The first-order valence-corrected chi connectivity index (χ1v) is 18.9. The second-order valence-electron chi connectivity index (χ2n) is 13.7. The third kappa shape index (κ3) is 5.61. The Morgan fingerprint density at radius 1 is 0.851 bits per heavy atom. The zero-order valence-corrected chi connectivity index (χ0v) is 28.6. The number of fused-ring (bicyclic) bond motifs is 1. The molecule has 11 heteroatoms. The number of hydrogen-bond acceptors (Lipinski definition) is 9. The first-order valence-electron chi connectivity index (χ1n) is 15.8. The van der Waals surface area contributed by atoms with E-state index in [1.807, 2.05) is 60.7 Å². The van der Waals surface area contributed by atoms with Crippen molar-refractivity contribution in [3.63, 3.8) is 0 Å². The molecule has 4 N–H and O–H groups in total. The van der Waals surface area contributed by atoms with Gasteiger partial charge < -0.3 is 30.2 Å². The number of hydrogen-bond donors (Lipinski definition) is 3. The summed E-state index contributed by atoms with van der Waals surface area (Å²) < 4.78 is 21.7. The van der Waals surface area contributed by atoms with Gasteiger partial charge in [-0.1, -0.05) is 107 Å². The summed E-state index contributed by atoms with van der Waals surface area (Å²) in [6, 6.07) is 28.1. The van der Waals surface area contributed by atoms with Gasteiger partial charge in [0, 0.05) is 0 Å². The zero-order chi connectivity index (χ0) is 33.6. The molecule has 0 radical (unpaired) electrons. The summed E-state index contributed by atoms with van der Waals surface area (Å²) in [6.07, 6.45) is -1.64. The molecule has 2 aromatic heterocycles. The molecule has 0 saturated carbocycles. The minimum atomic E-state index is -2.60. The number of aliphatic hydroxyl groups excluding tert-OH is 2. The summed E-state index contributed by atoms with van der Waals surface area (Å²) in [7, 11) is -0.952. The maximum absolute atomic E-state index is 11.9. The molecule has 246 valence electrons. The van der Waals surface area contributed by atoms with E-state index in [-0.39, 0.29) is 10.9 Å². The number of imidazole rings is 1. The maximum Gasteiger partial charge on any atom is 0.167 e. The van der Waals surface area contributed by atoms with Gasteiger partial charge in [0.25, 0.3) is 0 Å². The lowest BCUT2D eigenvalue weighted by molar-refractivity contribution is -0.118. The molecular formula is C36H43N5O5Si. The predicted octanol–water partition coefficient (Wildman–Crippen LogP) is 5.46. The van der Waals surface area contributed by atoms with E-state index in [0.717, 1.165) is 16.7 Å². The molecule has 1 saturated heterocycles. The first kappa shape index (κ1) is 32.8. The molecule has 3 heterocycles. The third-order valence-electron chi connectivity index (χ3n) is 10.0. The van der Waals surface area contributed by atoms with Crippen LogP contribution in [-0.4, -0.2) is 69.0 Å². The van der Waals surface area contributed by atoms with Crippen LogP contribution in [0.15, 0.2) is 97.6 Å². The van der Waals surface area contributed by atoms with Crippen LogP contribution in [0, 0.1) is 0 Å². The number of aliphatic hydroxyl groups is 2. The number of benzene rings is 3. The minimum Gasteiger partial charge on any atom is -0.497 e. The van der Waals surface area contributed by atoms with Crippen molar-refractivity contribution < 1.29 is 24.4 Å². The number of rotatable bonds is 9. The third-order valence-corrected chi connectivity index (χ3v) is 15.8. The number of aromatic nitrogens is 4. The van der Waals surface area contributed by atoms with E-state index in [1.54, 1.807) is 11.7 Å². The Morgan fingerprint density at radius 2 is 1.47 bits per heavy atom. The highest BCUT2D eigenvalue weighted by atomic mass is 28.3. The van der Waals surface area contributed by atoms with E-state index < -0.39 is 43.9 Å². The van der Waals surface area contributed by atoms with Crippen molar-refractivity contribution in [3.8, 4) is 5.75 Å². The molecule has 5 atom stereocenters. The maximum atomic E-state index is 11.9. The summed E-state index contributed by atoms with van der Waals surface area (Å²) in [6.45, 7) is 11.1. The Morgan fingerprint density at radius 3 is 2.06 bits per heavy atom. The van der Waals surface area contributed by atoms with Crippen LogP contribution in [0.2, 0.25) is 18.1 Å². The quantitative estimate of drug-likeness (QED) is 0.140. The molecule has 0 aliphatic carbocycles. The summed E-state index contributed by atoms with van der Waals surface area (Å²) in [4.78, 5) is 12.8. The monoisotopic (exact) mass is 653 g/mol. The summed E-state index contributed by atoms with van der Waals surface area (Å²) in [5, 5.41) is 23.3. The summed E-state index contributed by atoms with van der Waals surface area (Å²) >= 11 is 0. The zero-order valence-electron chi connectivity index (χ0n) is 27.6. The highest BCUT2D eigenvalue weighted by molar-refractivity contribution is 6.81. The lowest BCUT2D eigenvalue weighted by Crippen LogP contribution is -2.61. The summed E-state index contributed by atoms with van der Waals surface area (Å²) in [5.41, 5.74) is 7.73. The van der Waals surface area contributed by atoms with Gasteiger partial charge in [-0.15, -0.1) is 0 Å². The second-order valence-corrected chi connectivity index (χ2v) is 19.2. The van der Waals surface area contributed by atoms with Crippen molar-refractivity contribution in [1.82, 2.24) is 19.5 Å². The fourth-order valence-electron chi connectivity index (χ4n) is 6.36. The number of anilines is 1. The fraction of sp³-hybridized carbons (Fsp3) is 0.361.